The summed E-state index contributed by atoms with van der Waals surface area (Å²) in [6.45, 7) is 0.115. The van der Waals surface area contributed by atoms with E-state index in [2.05, 4.69) is 10.1 Å². The first-order chi connectivity index (χ1) is 11.0. The lowest BCUT2D eigenvalue weighted by atomic mass is 10.2. The molecule has 2 aromatic rings. The number of methoxy groups -OCH3 is 1. The Morgan fingerprint density at radius 3 is 2.26 bits per heavy atom. The van der Waals surface area contributed by atoms with Crippen LogP contribution in [0.3, 0.4) is 0 Å². The van der Waals surface area contributed by atoms with E-state index < -0.39 is 5.97 Å². The lowest BCUT2D eigenvalue weighted by Crippen LogP contribution is -2.30. The summed E-state index contributed by atoms with van der Waals surface area (Å²) in [5.41, 5.74) is 1.73. The smallest absolute Gasteiger partial charge is 0.337 e. The normalized spacial score (nSPS) is 10.0. The number of rotatable bonds is 5. The molecule has 1 amide bonds. The third kappa shape index (κ3) is 4.54. The molecule has 1 N–H and O–H groups in total. The average Bonchev–Trinajstić information content (AvgIpc) is 2.55. The topological polar surface area (TPSA) is 58.6 Å². The van der Waals surface area contributed by atoms with Crippen molar-refractivity contribution in [1.82, 2.24) is 0 Å². The van der Waals surface area contributed by atoms with Crippen molar-refractivity contribution in [1.29, 1.82) is 0 Å². The highest BCUT2D eigenvalue weighted by molar-refractivity contribution is 5.95. The third-order valence-corrected chi connectivity index (χ3v) is 3.24. The van der Waals surface area contributed by atoms with Crippen LogP contribution in [0.5, 0.6) is 0 Å². The lowest BCUT2D eigenvalue weighted by Gasteiger charge is -2.18. The molecule has 0 saturated heterocycles. The van der Waals surface area contributed by atoms with Crippen LogP contribution in [0.25, 0.3) is 0 Å². The molecule has 0 aromatic heterocycles. The summed E-state index contributed by atoms with van der Waals surface area (Å²) < 4.78 is 17.5. The van der Waals surface area contributed by atoms with Gasteiger partial charge in [0.15, 0.2) is 0 Å². The highest BCUT2D eigenvalue weighted by Crippen LogP contribution is 2.14. The van der Waals surface area contributed by atoms with Crippen LogP contribution in [0.2, 0.25) is 0 Å². The Bertz CT molecular complexity index is 684. The van der Waals surface area contributed by atoms with Crippen LogP contribution in [0.1, 0.15) is 10.4 Å². The maximum absolute atomic E-state index is 12.9. The molecule has 23 heavy (non-hydrogen) atoms. The fourth-order valence-corrected chi connectivity index (χ4v) is 2.01. The van der Waals surface area contributed by atoms with Crippen LogP contribution in [-0.2, 0) is 9.53 Å². The molecule has 0 atom stereocenters. The number of nitrogens with zero attached hydrogens (tertiary/aromatic N) is 1. The van der Waals surface area contributed by atoms with Crippen LogP contribution in [-0.4, -0.2) is 32.6 Å². The summed E-state index contributed by atoms with van der Waals surface area (Å²) in [5, 5.41) is 2.73. The van der Waals surface area contributed by atoms with Gasteiger partial charge in [-0.05, 0) is 48.5 Å². The minimum Gasteiger partial charge on any atom is -0.465 e. The predicted molar refractivity (Wildman–Crippen MR) is 86.1 cm³/mol. The van der Waals surface area contributed by atoms with Crippen LogP contribution in [0, 0.1) is 5.82 Å². The van der Waals surface area contributed by atoms with E-state index in [4.69, 9.17) is 0 Å². The van der Waals surface area contributed by atoms with Crippen molar-refractivity contribution in [3.8, 4) is 0 Å². The van der Waals surface area contributed by atoms with Crippen molar-refractivity contribution >= 4 is 23.3 Å². The van der Waals surface area contributed by atoms with Gasteiger partial charge in [-0.15, -0.1) is 0 Å². The SMILES string of the molecule is COC(=O)c1ccc(NC(=O)CN(C)c2ccc(F)cc2)cc1. The molecule has 2 rings (SSSR count). The van der Waals surface area contributed by atoms with Crippen LogP contribution in [0.4, 0.5) is 15.8 Å². The number of hydrogen-bond donors (Lipinski definition) is 1. The molecule has 0 aliphatic heterocycles. The average molecular weight is 316 g/mol. The van der Waals surface area contributed by atoms with E-state index >= 15 is 0 Å². The van der Waals surface area contributed by atoms with Gasteiger partial charge in [0.05, 0.1) is 19.2 Å². The first-order valence-corrected chi connectivity index (χ1v) is 6.94. The summed E-state index contributed by atoms with van der Waals surface area (Å²) in [4.78, 5) is 25.1. The summed E-state index contributed by atoms with van der Waals surface area (Å²) in [7, 11) is 3.05. The lowest BCUT2D eigenvalue weighted by molar-refractivity contribution is -0.114. The number of halogens is 1. The largest absolute Gasteiger partial charge is 0.465 e. The summed E-state index contributed by atoms with van der Waals surface area (Å²) in [6, 6.07) is 12.3. The van der Waals surface area contributed by atoms with Crippen LogP contribution >= 0.6 is 0 Å². The van der Waals surface area contributed by atoms with E-state index in [0.29, 0.717) is 11.3 Å². The van der Waals surface area contributed by atoms with Crippen molar-refractivity contribution in [2.24, 2.45) is 0 Å². The molecular formula is C17H17FN2O3. The highest BCUT2D eigenvalue weighted by Gasteiger charge is 2.09. The van der Waals surface area contributed by atoms with Crippen LogP contribution in [0.15, 0.2) is 48.5 Å². The molecule has 0 spiro atoms. The fraction of sp³-hybridized carbons (Fsp3) is 0.176. The van der Waals surface area contributed by atoms with Crippen molar-refractivity contribution in [2.45, 2.75) is 0 Å². The number of benzene rings is 2. The van der Waals surface area contributed by atoms with Gasteiger partial charge in [-0.1, -0.05) is 0 Å². The van der Waals surface area contributed by atoms with Gasteiger partial charge >= 0.3 is 5.97 Å². The third-order valence-electron chi connectivity index (χ3n) is 3.24. The quantitative estimate of drug-likeness (QED) is 0.862. The molecule has 120 valence electrons. The Hall–Kier alpha value is -2.89. The van der Waals surface area contributed by atoms with E-state index in [1.807, 2.05) is 0 Å². The Labute approximate surface area is 133 Å². The van der Waals surface area contributed by atoms with E-state index in [1.54, 1.807) is 48.3 Å². The zero-order chi connectivity index (χ0) is 16.8. The number of hydrogen-bond acceptors (Lipinski definition) is 4. The number of carbonyl (C=O) groups is 2. The molecule has 2 aromatic carbocycles. The van der Waals surface area contributed by atoms with Gasteiger partial charge in [-0.3, -0.25) is 4.79 Å². The molecule has 0 heterocycles. The van der Waals surface area contributed by atoms with Crippen LogP contribution < -0.4 is 10.2 Å². The number of esters is 1. The fourth-order valence-electron chi connectivity index (χ4n) is 2.01. The number of ether oxygens (including phenoxy) is 1. The second-order valence-electron chi connectivity index (χ2n) is 4.95. The second kappa shape index (κ2) is 7.40. The number of carbonyl (C=O) groups excluding carboxylic acids is 2. The van der Waals surface area contributed by atoms with Gasteiger partial charge in [0.2, 0.25) is 5.91 Å². The number of anilines is 2. The van der Waals surface area contributed by atoms with E-state index in [1.165, 1.54) is 19.2 Å². The summed E-state index contributed by atoms with van der Waals surface area (Å²) >= 11 is 0. The molecule has 0 unspecified atom stereocenters. The number of amides is 1. The first-order valence-electron chi connectivity index (χ1n) is 6.94. The van der Waals surface area contributed by atoms with Gasteiger partial charge in [0, 0.05) is 18.4 Å². The molecule has 0 bridgehead atoms. The molecule has 0 radical (unpaired) electrons. The molecule has 0 fully saturated rings. The molecule has 0 aliphatic rings. The van der Waals surface area contributed by atoms with Gasteiger partial charge in [-0.25, -0.2) is 9.18 Å². The van der Waals surface area contributed by atoms with Gasteiger partial charge in [0.1, 0.15) is 5.82 Å². The minimum absolute atomic E-state index is 0.115. The molecule has 0 aliphatic carbocycles. The van der Waals surface area contributed by atoms with Crippen molar-refractivity contribution < 1.29 is 18.7 Å². The Kier molecular flexibility index (Phi) is 5.30. The predicted octanol–water partition coefficient (Wildman–Crippen LogP) is 2.69. The monoisotopic (exact) mass is 316 g/mol. The number of nitrogens with one attached hydrogen (secondary N) is 1. The summed E-state index contributed by atoms with van der Waals surface area (Å²) in [5.74, 6) is -0.973. The van der Waals surface area contributed by atoms with Gasteiger partial charge in [-0.2, -0.15) is 0 Å². The maximum atomic E-state index is 12.9. The maximum Gasteiger partial charge on any atom is 0.337 e. The van der Waals surface area contributed by atoms with Crippen molar-refractivity contribution in [2.75, 3.05) is 30.9 Å². The minimum atomic E-state index is -0.432. The molecular weight excluding hydrogens is 299 g/mol. The Morgan fingerprint density at radius 1 is 1.09 bits per heavy atom. The van der Waals surface area contributed by atoms with Crippen molar-refractivity contribution in [3.05, 3.63) is 59.9 Å². The molecule has 5 nitrogen and oxygen atoms in total. The van der Waals surface area contributed by atoms with Gasteiger partial charge < -0.3 is 15.0 Å². The highest BCUT2D eigenvalue weighted by atomic mass is 19.1. The molecule has 6 heteroatoms. The zero-order valence-corrected chi connectivity index (χ0v) is 12.9. The number of likely N-dealkylation sites (N-methyl/N-ethyl adjacent to an activating group) is 1. The Balaban J connectivity index is 1.93. The van der Waals surface area contributed by atoms with E-state index in [0.717, 1.165) is 5.69 Å². The first kappa shape index (κ1) is 16.5. The van der Waals surface area contributed by atoms with E-state index in [-0.39, 0.29) is 18.3 Å². The van der Waals surface area contributed by atoms with E-state index in [9.17, 15) is 14.0 Å². The van der Waals surface area contributed by atoms with Gasteiger partial charge in [0.25, 0.3) is 0 Å². The second-order valence-corrected chi connectivity index (χ2v) is 4.95. The zero-order valence-electron chi connectivity index (χ0n) is 12.9. The van der Waals surface area contributed by atoms with Crippen molar-refractivity contribution in [3.63, 3.8) is 0 Å². The Morgan fingerprint density at radius 2 is 1.70 bits per heavy atom. The molecule has 0 saturated carbocycles. The summed E-state index contributed by atoms with van der Waals surface area (Å²) in [6.07, 6.45) is 0. The standard InChI is InChI=1S/C17H17FN2O3/c1-20(15-9-5-13(18)6-10-15)11-16(21)19-14-7-3-12(4-8-14)17(22)23-2/h3-10H,11H2,1-2H3,(H,19,21).